The summed E-state index contributed by atoms with van der Waals surface area (Å²) in [5, 5.41) is 2.90. The second-order valence-electron chi connectivity index (χ2n) is 5.32. The molecule has 0 saturated carbocycles. The van der Waals surface area contributed by atoms with E-state index in [1.165, 1.54) is 12.1 Å². The van der Waals surface area contributed by atoms with Crippen LogP contribution in [0.3, 0.4) is 0 Å². The zero-order valence-corrected chi connectivity index (χ0v) is 14.8. The van der Waals surface area contributed by atoms with Crippen molar-refractivity contribution in [2.75, 3.05) is 18.4 Å². The van der Waals surface area contributed by atoms with Gasteiger partial charge in [0, 0.05) is 10.5 Å². The molecule has 0 aliphatic heterocycles. The van der Waals surface area contributed by atoms with Gasteiger partial charge >= 0.3 is 0 Å². The van der Waals surface area contributed by atoms with E-state index in [0.717, 1.165) is 22.3 Å². The fraction of sp³-hybridized carbons (Fsp3) is 0.278. The van der Waals surface area contributed by atoms with E-state index >= 15 is 0 Å². The Morgan fingerprint density at radius 1 is 1.22 bits per heavy atom. The number of hydrogen-bond acceptors (Lipinski definition) is 2. The predicted octanol–water partition coefficient (Wildman–Crippen LogP) is 4.61. The van der Waals surface area contributed by atoms with Crippen molar-refractivity contribution in [3.63, 3.8) is 0 Å². The van der Waals surface area contributed by atoms with Gasteiger partial charge in [-0.05, 0) is 59.2 Å². The molecule has 1 amide bonds. The maximum atomic E-state index is 13.0. The highest BCUT2D eigenvalue weighted by Crippen LogP contribution is 2.22. The van der Waals surface area contributed by atoms with E-state index in [0.29, 0.717) is 0 Å². The van der Waals surface area contributed by atoms with Gasteiger partial charge in [-0.25, -0.2) is 4.39 Å². The highest BCUT2D eigenvalue weighted by atomic mass is 79.9. The molecular formula is C18H20BrFN2O. The molecule has 0 fully saturated rings. The molecule has 5 heteroatoms. The van der Waals surface area contributed by atoms with Crippen LogP contribution < -0.4 is 5.32 Å². The average Bonchev–Trinajstić information content (AvgIpc) is 2.55. The predicted molar refractivity (Wildman–Crippen MR) is 94.8 cm³/mol. The highest BCUT2D eigenvalue weighted by Gasteiger charge is 2.17. The first-order valence-electron chi connectivity index (χ1n) is 7.55. The van der Waals surface area contributed by atoms with Crippen molar-refractivity contribution in [1.82, 2.24) is 4.90 Å². The Labute approximate surface area is 144 Å². The van der Waals surface area contributed by atoms with Gasteiger partial charge in [0.25, 0.3) is 0 Å². The number of amides is 1. The molecule has 1 unspecified atom stereocenters. The Bertz CT molecular complexity index is 660. The molecule has 0 radical (unpaired) electrons. The summed E-state index contributed by atoms with van der Waals surface area (Å²) in [6.45, 7) is 5.02. The Morgan fingerprint density at radius 3 is 2.48 bits per heavy atom. The van der Waals surface area contributed by atoms with Crippen LogP contribution in [0.15, 0.2) is 53.0 Å². The molecule has 0 heterocycles. The number of anilines is 1. The summed E-state index contributed by atoms with van der Waals surface area (Å²) in [6, 6.07) is 13.9. The van der Waals surface area contributed by atoms with Gasteiger partial charge in [-0.3, -0.25) is 9.69 Å². The van der Waals surface area contributed by atoms with Crippen LogP contribution in [0.2, 0.25) is 0 Å². The Morgan fingerprint density at radius 2 is 1.87 bits per heavy atom. The molecule has 2 aromatic rings. The van der Waals surface area contributed by atoms with Crippen molar-refractivity contribution in [3.8, 4) is 0 Å². The van der Waals surface area contributed by atoms with Crippen molar-refractivity contribution in [2.24, 2.45) is 0 Å². The number of carbonyl (C=O) groups is 1. The number of para-hydroxylation sites is 1. The van der Waals surface area contributed by atoms with E-state index in [1.54, 1.807) is 12.1 Å². The quantitative estimate of drug-likeness (QED) is 0.795. The van der Waals surface area contributed by atoms with Crippen LogP contribution in [0.4, 0.5) is 10.1 Å². The van der Waals surface area contributed by atoms with Gasteiger partial charge in [0.05, 0.1) is 12.2 Å². The van der Waals surface area contributed by atoms with Crippen molar-refractivity contribution in [3.05, 3.63) is 64.4 Å². The monoisotopic (exact) mass is 378 g/mol. The minimum atomic E-state index is -0.254. The molecule has 0 bridgehead atoms. The molecule has 2 rings (SSSR count). The standard InChI is InChI=1S/C18H20BrFN2O/c1-3-22(13(2)14-8-10-15(20)11-9-14)12-18(23)21-17-7-5-4-6-16(17)19/h4-11,13H,3,12H2,1-2H3,(H,21,23). The molecule has 0 saturated heterocycles. The van der Waals surface area contributed by atoms with E-state index < -0.39 is 0 Å². The minimum Gasteiger partial charge on any atom is -0.324 e. The van der Waals surface area contributed by atoms with Gasteiger partial charge in [0.1, 0.15) is 5.82 Å². The van der Waals surface area contributed by atoms with Crippen molar-refractivity contribution in [2.45, 2.75) is 19.9 Å². The summed E-state index contributed by atoms with van der Waals surface area (Å²) in [6.07, 6.45) is 0. The lowest BCUT2D eigenvalue weighted by Gasteiger charge is -2.27. The van der Waals surface area contributed by atoms with Crippen LogP contribution in [-0.2, 0) is 4.79 Å². The third-order valence-electron chi connectivity index (χ3n) is 3.80. The van der Waals surface area contributed by atoms with Gasteiger partial charge in [0.2, 0.25) is 5.91 Å². The Balaban J connectivity index is 2.02. The lowest BCUT2D eigenvalue weighted by Crippen LogP contribution is -2.35. The van der Waals surface area contributed by atoms with E-state index in [1.807, 2.05) is 43.0 Å². The maximum absolute atomic E-state index is 13.0. The van der Waals surface area contributed by atoms with Gasteiger partial charge in [0.15, 0.2) is 0 Å². The molecule has 0 aliphatic carbocycles. The molecule has 122 valence electrons. The lowest BCUT2D eigenvalue weighted by molar-refractivity contribution is -0.117. The summed E-state index contributed by atoms with van der Waals surface area (Å²) in [5.74, 6) is -0.330. The van der Waals surface area contributed by atoms with Crippen LogP contribution in [0.5, 0.6) is 0 Å². The van der Waals surface area contributed by atoms with Crippen molar-refractivity contribution < 1.29 is 9.18 Å². The zero-order valence-electron chi connectivity index (χ0n) is 13.2. The van der Waals surface area contributed by atoms with Crippen LogP contribution in [-0.4, -0.2) is 23.9 Å². The largest absolute Gasteiger partial charge is 0.324 e. The summed E-state index contributed by atoms with van der Waals surface area (Å²) >= 11 is 3.42. The van der Waals surface area contributed by atoms with E-state index in [9.17, 15) is 9.18 Å². The van der Waals surface area contributed by atoms with Crippen molar-refractivity contribution >= 4 is 27.5 Å². The Kier molecular flexibility index (Phi) is 6.30. The number of likely N-dealkylation sites (N-methyl/N-ethyl adjacent to an activating group) is 1. The summed E-state index contributed by atoms with van der Waals surface area (Å²) in [5.41, 5.74) is 1.74. The first kappa shape index (κ1) is 17.6. The van der Waals surface area contributed by atoms with Crippen LogP contribution in [0.1, 0.15) is 25.5 Å². The summed E-state index contributed by atoms with van der Waals surface area (Å²) in [7, 11) is 0. The van der Waals surface area contributed by atoms with Gasteiger partial charge in [-0.15, -0.1) is 0 Å². The smallest absolute Gasteiger partial charge is 0.238 e. The fourth-order valence-electron chi connectivity index (χ4n) is 2.41. The third-order valence-corrected chi connectivity index (χ3v) is 4.49. The maximum Gasteiger partial charge on any atom is 0.238 e. The SMILES string of the molecule is CCN(CC(=O)Nc1ccccc1Br)C(C)c1ccc(F)cc1. The number of carbonyl (C=O) groups excluding carboxylic acids is 1. The molecule has 0 spiro atoms. The third kappa shape index (κ3) is 4.88. The average molecular weight is 379 g/mol. The van der Waals surface area contributed by atoms with Crippen LogP contribution in [0.25, 0.3) is 0 Å². The molecule has 23 heavy (non-hydrogen) atoms. The fourth-order valence-corrected chi connectivity index (χ4v) is 2.80. The van der Waals surface area contributed by atoms with Crippen molar-refractivity contribution in [1.29, 1.82) is 0 Å². The second-order valence-corrected chi connectivity index (χ2v) is 6.17. The van der Waals surface area contributed by atoms with E-state index in [4.69, 9.17) is 0 Å². The summed E-state index contributed by atoms with van der Waals surface area (Å²) in [4.78, 5) is 14.3. The lowest BCUT2D eigenvalue weighted by atomic mass is 10.1. The van der Waals surface area contributed by atoms with Crippen LogP contribution in [0, 0.1) is 5.82 Å². The molecule has 1 atom stereocenters. The molecule has 1 N–H and O–H groups in total. The first-order valence-corrected chi connectivity index (χ1v) is 8.34. The molecule has 0 aromatic heterocycles. The van der Waals surface area contributed by atoms with E-state index in [2.05, 4.69) is 21.2 Å². The molecule has 3 nitrogen and oxygen atoms in total. The summed E-state index contributed by atoms with van der Waals surface area (Å²) < 4.78 is 13.9. The normalized spacial score (nSPS) is 12.2. The first-order chi connectivity index (χ1) is 11.0. The topological polar surface area (TPSA) is 32.3 Å². The van der Waals surface area contributed by atoms with Crippen LogP contribution >= 0.6 is 15.9 Å². The van der Waals surface area contributed by atoms with Gasteiger partial charge in [-0.1, -0.05) is 31.2 Å². The number of nitrogens with zero attached hydrogens (tertiary/aromatic N) is 1. The minimum absolute atomic E-state index is 0.0329. The number of halogens is 2. The number of rotatable bonds is 6. The molecule has 0 aliphatic rings. The number of benzene rings is 2. The molecule has 2 aromatic carbocycles. The zero-order chi connectivity index (χ0) is 16.8. The number of nitrogens with one attached hydrogen (secondary N) is 1. The molecular weight excluding hydrogens is 359 g/mol. The Hall–Kier alpha value is -1.72. The second kappa shape index (κ2) is 8.22. The van der Waals surface area contributed by atoms with Gasteiger partial charge in [-0.2, -0.15) is 0 Å². The number of hydrogen-bond donors (Lipinski definition) is 1. The van der Waals surface area contributed by atoms with E-state index in [-0.39, 0.29) is 24.3 Å². The highest BCUT2D eigenvalue weighted by molar-refractivity contribution is 9.10. The van der Waals surface area contributed by atoms with Gasteiger partial charge < -0.3 is 5.32 Å².